The lowest BCUT2D eigenvalue weighted by Gasteiger charge is -2.35. The topological polar surface area (TPSA) is 114 Å². The minimum absolute atomic E-state index is 0.0436. The predicted octanol–water partition coefficient (Wildman–Crippen LogP) is 2.41. The van der Waals surface area contributed by atoms with E-state index in [9.17, 15) is 18.5 Å². The van der Waals surface area contributed by atoms with E-state index >= 15 is 0 Å². The number of nitrogens with zero attached hydrogens (tertiary/aromatic N) is 3. The van der Waals surface area contributed by atoms with Gasteiger partial charge in [0.05, 0.1) is 4.90 Å². The van der Waals surface area contributed by atoms with Crippen molar-refractivity contribution in [3.63, 3.8) is 0 Å². The lowest BCUT2D eigenvalue weighted by Crippen LogP contribution is -2.44. The Morgan fingerprint density at radius 2 is 1.80 bits per heavy atom. The number of hydrogen-bond acceptors (Lipinski definition) is 6. The molecule has 156 valence electrons. The summed E-state index contributed by atoms with van der Waals surface area (Å²) in [6.45, 7) is 4.95. The Hall–Kier alpha value is -3.35. The van der Waals surface area contributed by atoms with Crippen molar-refractivity contribution in [3.05, 3.63) is 65.9 Å². The van der Waals surface area contributed by atoms with Gasteiger partial charge in [-0.15, -0.1) is 0 Å². The normalized spacial score (nSPS) is 14.9. The number of amides is 1. The Balaban J connectivity index is 1.61. The summed E-state index contributed by atoms with van der Waals surface area (Å²) in [6.07, 6.45) is 1.55. The molecule has 0 saturated carbocycles. The maximum Gasteiger partial charge on any atom is 0.294 e. The third-order valence-corrected chi connectivity index (χ3v) is 5.64. The molecule has 0 bridgehead atoms. The summed E-state index contributed by atoms with van der Waals surface area (Å²) >= 11 is 0. The first-order chi connectivity index (χ1) is 14.3. The molecule has 2 N–H and O–H groups in total. The Morgan fingerprint density at radius 1 is 1.13 bits per heavy atom. The van der Waals surface area contributed by atoms with Gasteiger partial charge in [-0.1, -0.05) is 12.1 Å². The average Bonchev–Trinajstić information content (AvgIpc) is 2.72. The van der Waals surface area contributed by atoms with Crippen LogP contribution in [0.25, 0.3) is 0 Å². The Labute approximate surface area is 175 Å². The molecule has 1 fully saturated rings. The highest BCUT2D eigenvalue weighted by molar-refractivity contribution is 7.85. The molecule has 1 amide bonds. The van der Waals surface area contributed by atoms with Crippen LogP contribution >= 0.6 is 0 Å². The summed E-state index contributed by atoms with van der Waals surface area (Å²) < 4.78 is 31.2. The lowest BCUT2D eigenvalue weighted by molar-refractivity contribution is -0.112. The van der Waals surface area contributed by atoms with Gasteiger partial charge in [0.1, 0.15) is 11.6 Å². The maximum atomic E-state index is 12.4. The molecule has 0 spiro atoms. The van der Waals surface area contributed by atoms with Gasteiger partial charge in [0.15, 0.2) is 0 Å². The standard InChI is InChI=1S/C21H22N4O4S/c1-16-3-2-4-19(13-16)25-11-9-24(10-12-25)15-17(14-22)21(26)23-18-5-7-20(8-6-18)30(27,28)29/h2-8,13,15H,9-12H2,1H3,(H,23,26)(H,27,28,29)/b17-15-. The van der Waals surface area contributed by atoms with Gasteiger partial charge < -0.3 is 15.1 Å². The average molecular weight is 426 g/mol. The molecular weight excluding hydrogens is 404 g/mol. The molecule has 2 aromatic rings. The molecule has 0 unspecified atom stereocenters. The van der Waals surface area contributed by atoms with E-state index in [0.717, 1.165) is 18.8 Å². The van der Waals surface area contributed by atoms with E-state index in [1.54, 1.807) is 6.20 Å². The zero-order chi connectivity index (χ0) is 21.7. The molecule has 1 heterocycles. The van der Waals surface area contributed by atoms with Gasteiger partial charge in [-0.05, 0) is 48.9 Å². The highest BCUT2D eigenvalue weighted by atomic mass is 32.2. The molecule has 0 atom stereocenters. The van der Waals surface area contributed by atoms with E-state index in [1.807, 2.05) is 17.0 Å². The van der Waals surface area contributed by atoms with Gasteiger partial charge in [0.2, 0.25) is 0 Å². The van der Waals surface area contributed by atoms with Crippen LogP contribution in [-0.2, 0) is 14.9 Å². The number of nitriles is 1. The van der Waals surface area contributed by atoms with Crippen LogP contribution in [0, 0.1) is 18.3 Å². The Bertz CT molecular complexity index is 1100. The van der Waals surface area contributed by atoms with E-state index in [2.05, 4.69) is 35.3 Å². The summed E-state index contributed by atoms with van der Waals surface area (Å²) in [4.78, 5) is 16.3. The third kappa shape index (κ3) is 5.37. The molecule has 1 saturated heterocycles. The molecule has 2 aromatic carbocycles. The fourth-order valence-electron chi connectivity index (χ4n) is 3.16. The minimum Gasteiger partial charge on any atom is -0.373 e. The molecule has 0 aromatic heterocycles. The summed E-state index contributed by atoms with van der Waals surface area (Å²) in [5, 5.41) is 11.9. The largest absolute Gasteiger partial charge is 0.373 e. The van der Waals surface area contributed by atoms with Gasteiger partial charge in [-0.2, -0.15) is 13.7 Å². The quantitative estimate of drug-likeness (QED) is 0.429. The summed E-state index contributed by atoms with van der Waals surface area (Å²) in [7, 11) is -4.30. The summed E-state index contributed by atoms with van der Waals surface area (Å²) in [5.41, 5.74) is 2.63. The Kier molecular flexibility index (Phi) is 6.40. The summed E-state index contributed by atoms with van der Waals surface area (Å²) in [6, 6.07) is 15.2. The molecule has 0 aliphatic carbocycles. The highest BCUT2D eigenvalue weighted by Gasteiger charge is 2.18. The van der Waals surface area contributed by atoms with Gasteiger partial charge in [0, 0.05) is 43.8 Å². The monoisotopic (exact) mass is 426 g/mol. The van der Waals surface area contributed by atoms with Gasteiger partial charge in [-0.3, -0.25) is 9.35 Å². The second-order valence-corrected chi connectivity index (χ2v) is 8.39. The SMILES string of the molecule is Cc1cccc(N2CCN(/C=C(/C#N)C(=O)Nc3ccc(S(=O)(=O)O)cc3)CC2)c1. The molecule has 30 heavy (non-hydrogen) atoms. The van der Waals surface area contributed by atoms with Crippen LogP contribution in [0.3, 0.4) is 0 Å². The van der Waals surface area contributed by atoms with Gasteiger partial charge in [-0.25, -0.2) is 0 Å². The lowest BCUT2D eigenvalue weighted by atomic mass is 10.2. The van der Waals surface area contributed by atoms with Crippen LogP contribution in [-0.4, -0.2) is 50.0 Å². The Morgan fingerprint density at radius 3 is 2.37 bits per heavy atom. The molecule has 0 radical (unpaired) electrons. The molecule has 9 heteroatoms. The number of benzene rings is 2. The van der Waals surface area contributed by atoms with Gasteiger partial charge in [0.25, 0.3) is 16.0 Å². The van der Waals surface area contributed by atoms with Crippen molar-refractivity contribution < 1.29 is 17.8 Å². The molecular formula is C21H22N4O4S. The van der Waals surface area contributed by atoms with Crippen molar-refractivity contribution in [1.29, 1.82) is 5.26 Å². The molecule has 3 rings (SSSR count). The second-order valence-electron chi connectivity index (χ2n) is 6.97. The first kappa shape index (κ1) is 21.4. The van der Waals surface area contributed by atoms with Crippen molar-refractivity contribution in [1.82, 2.24) is 4.90 Å². The number of aryl methyl sites for hydroxylation is 1. The smallest absolute Gasteiger partial charge is 0.294 e. The van der Waals surface area contributed by atoms with Crippen LogP contribution in [0.5, 0.6) is 0 Å². The fraction of sp³-hybridized carbons (Fsp3) is 0.238. The second kappa shape index (κ2) is 8.98. The van der Waals surface area contributed by atoms with Crippen molar-refractivity contribution in [3.8, 4) is 6.07 Å². The van der Waals surface area contributed by atoms with Crippen molar-refractivity contribution in [2.75, 3.05) is 36.4 Å². The summed E-state index contributed by atoms with van der Waals surface area (Å²) in [5.74, 6) is -0.585. The molecule has 8 nitrogen and oxygen atoms in total. The number of carbonyl (C=O) groups excluding carboxylic acids is 1. The number of carbonyl (C=O) groups is 1. The number of rotatable bonds is 5. The maximum absolute atomic E-state index is 12.4. The number of anilines is 2. The third-order valence-electron chi connectivity index (χ3n) is 4.77. The zero-order valence-corrected chi connectivity index (χ0v) is 17.3. The van der Waals surface area contributed by atoms with Gasteiger partial charge >= 0.3 is 0 Å². The van der Waals surface area contributed by atoms with Crippen LogP contribution in [0.15, 0.2) is 65.2 Å². The van der Waals surface area contributed by atoms with Crippen LogP contribution in [0.2, 0.25) is 0 Å². The number of nitrogens with one attached hydrogen (secondary N) is 1. The number of hydrogen-bond donors (Lipinski definition) is 2. The fourth-order valence-corrected chi connectivity index (χ4v) is 3.64. The van der Waals surface area contributed by atoms with E-state index in [-0.39, 0.29) is 10.5 Å². The minimum atomic E-state index is -4.30. The number of piperazine rings is 1. The zero-order valence-electron chi connectivity index (χ0n) is 16.4. The van der Waals surface area contributed by atoms with E-state index in [1.165, 1.54) is 29.8 Å². The van der Waals surface area contributed by atoms with E-state index in [4.69, 9.17) is 4.55 Å². The van der Waals surface area contributed by atoms with Crippen molar-refractivity contribution >= 4 is 27.4 Å². The van der Waals surface area contributed by atoms with Crippen LogP contribution in [0.4, 0.5) is 11.4 Å². The molecule has 1 aliphatic rings. The van der Waals surface area contributed by atoms with Crippen molar-refractivity contribution in [2.45, 2.75) is 11.8 Å². The first-order valence-electron chi connectivity index (χ1n) is 9.33. The van der Waals surface area contributed by atoms with Crippen LogP contribution in [0.1, 0.15) is 5.56 Å². The van der Waals surface area contributed by atoms with E-state index in [0.29, 0.717) is 18.8 Å². The van der Waals surface area contributed by atoms with Crippen LogP contribution < -0.4 is 10.2 Å². The predicted molar refractivity (Wildman–Crippen MR) is 114 cm³/mol. The first-order valence-corrected chi connectivity index (χ1v) is 10.8. The highest BCUT2D eigenvalue weighted by Crippen LogP contribution is 2.19. The van der Waals surface area contributed by atoms with Crippen molar-refractivity contribution in [2.24, 2.45) is 0 Å². The molecule has 1 aliphatic heterocycles. The van der Waals surface area contributed by atoms with E-state index < -0.39 is 16.0 Å².